The Balaban J connectivity index is 2.66. The van der Waals surface area contributed by atoms with E-state index in [1.165, 1.54) is 11.8 Å². The Morgan fingerprint density at radius 3 is 2.35 bits per heavy atom. The molecule has 2 aromatic carbocycles. The second kappa shape index (κ2) is 5.06. The summed E-state index contributed by atoms with van der Waals surface area (Å²) < 4.78 is 0. The maximum absolute atomic E-state index is 11.4. The zero-order valence-corrected chi connectivity index (χ0v) is 10.2. The van der Waals surface area contributed by atoms with E-state index in [-0.39, 0.29) is 0 Å². The first-order valence-corrected chi connectivity index (χ1v) is 6.42. The summed E-state index contributed by atoms with van der Waals surface area (Å²) in [5, 5.41) is 9.33. The molecule has 1 N–H and O–H groups in total. The second-order valence-electron chi connectivity index (χ2n) is 3.55. The average Bonchev–Trinajstić information content (AvgIpc) is 2.38. The highest BCUT2D eigenvalue weighted by Crippen LogP contribution is 2.30. The molecule has 0 radical (unpaired) electrons. The van der Waals surface area contributed by atoms with Crippen LogP contribution in [-0.2, 0) is 0 Å². The molecule has 0 atom stereocenters. The van der Waals surface area contributed by atoms with Gasteiger partial charge in [0.25, 0.3) is 0 Å². The smallest absolute Gasteiger partial charge is 0.337 e. The van der Waals surface area contributed by atoms with E-state index >= 15 is 0 Å². The SMILES string of the molecule is CSc1cccc(-c2ccccc2)c1C(=O)O. The minimum Gasteiger partial charge on any atom is -0.478 e. The van der Waals surface area contributed by atoms with Crippen molar-refractivity contribution in [2.24, 2.45) is 0 Å². The van der Waals surface area contributed by atoms with Crippen molar-refractivity contribution in [3.05, 3.63) is 54.1 Å². The normalized spacial score (nSPS) is 10.2. The Hall–Kier alpha value is -1.74. The summed E-state index contributed by atoms with van der Waals surface area (Å²) in [4.78, 5) is 12.2. The van der Waals surface area contributed by atoms with Crippen LogP contribution < -0.4 is 0 Å². The predicted octanol–water partition coefficient (Wildman–Crippen LogP) is 3.77. The summed E-state index contributed by atoms with van der Waals surface area (Å²) in [7, 11) is 0. The van der Waals surface area contributed by atoms with Crippen LogP contribution in [0.2, 0.25) is 0 Å². The fourth-order valence-electron chi connectivity index (χ4n) is 1.78. The zero-order chi connectivity index (χ0) is 12.3. The monoisotopic (exact) mass is 244 g/mol. The molecule has 17 heavy (non-hydrogen) atoms. The fourth-order valence-corrected chi connectivity index (χ4v) is 2.40. The Bertz CT molecular complexity index is 535. The Morgan fingerprint density at radius 1 is 1.06 bits per heavy atom. The van der Waals surface area contributed by atoms with Crippen molar-refractivity contribution in [2.75, 3.05) is 6.26 Å². The standard InChI is InChI=1S/C14H12O2S/c1-17-12-9-5-8-11(13(12)14(15)16)10-6-3-2-4-7-10/h2-9H,1H3,(H,15,16). The van der Waals surface area contributed by atoms with Gasteiger partial charge >= 0.3 is 5.97 Å². The number of carboxylic acid groups (broad SMARTS) is 1. The van der Waals surface area contributed by atoms with Crippen molar-refractivity contribution in [1.29, 1.82) is 0 Å². The molecule has 0 fully saturated rings. The van der Waals surface area contributed by atoms with Crippen molar-refractivity contribution in [3.63, 3.8) is 0 Å². The highest BCUT2D eigenvalue weighted by Gasteiger charge is 2.15. The van der Waals surface area contributed by atoms with Crippen LogP contribution in [0.5, 0.6) is 0 Å². The number of rotatable bonds is 3. The van der Waals surface area contributed by atoms with Crippen LogP contribution in [0.25, 0.3) is 11.1 Å². The fraction of sp³-hybridized carbons (Fsp3) is 0.0714. The second-order valence-corrected chi connectivity index (χ2v) is 4.40. The molecule has 0 amide bonds. The van der Waals surface area contributed by atoms with Gasteiger partial charge < -0.3 is 5.11 Å². The summed E-state index contributed by atoms with van der Waals surface area (Å²) in [6.07, 6.45) is 1.89. The van der Waals surface area contributed by atoms with E-state index in [1.54, 1.807) is 0 Å². The molecule has 0 unspecified atom stereocenters. The first-order chi connectivity index (χ1) is 8.24. The van der Waals surface area contributed by atoms with Crippen molar-refractivity contribution in [2.45, 2.75) is 4.90 Å². The molecule has 2 nitrogen and oxygen atoms in total. The number of benzene rings is 2. The number of hydrogen-bond donors (Lipinski definition) is 1. The van der Waals surface area contributed by atoms with E-state index in [2.05, 4.69) is 0 Å². The van der Waals surface area contributed by atoms with Gasteiger partial charge in [-0.05, 0) is 23.4 Å². The lowest BCUT2D eigenvalue weighted by Crippen LogP contribution is -2.01. The Labute approximate surface area is 104 Å². The maximum Gasteiger partial charge on any atom is 0.337 e. The summed E-state index contributed by atoms with van der Waals surface area (Å²) in [6, 6.07) is 15.2. The quantitative estimate of drug-likeness (QED) is 0.835. The van der Waals surface area contributed by atoms with Crippen LogP contribution in [0.15, 0.2) is 53.4 Å². The molecule has 0 bridgehead atoms. The maximum atomic E-state index is 11.4. The van der Waals surface area contributed by atoms with Gasteiger partial charge in [-0.15, -0.1) is 11.8 Å². The number of carboxylic acids is 1. The lowest BCUT2D eigenvalue weighted by molar-refractivity contribution is 0.0694. The third-order valence-electron chi connectivity index (χ3n) is 2.54. The van der Waals surface area contributed by atoms with Crippen LogP contribution >= 0.6 is 11.8 Å². The zero-order valence-electron chi connectivity index (χ0n) is 9.38. The molecule has 0 saturated carbocycles. The van der Waals surface area contributed by atoms with Gasteiger partial charge in [0.15, 0.2) is 0 Å². The average molecular weight is 244 g/mol. The number of carbonyl (C=O) groups is 1. The highest BCUT2D eigenvalue weighted by atomic mass is 32.2. The summed E-state index contributed by atoms with van der Waals surface area (Å²) in [6.45, 7) is 0. The van der Waals surface area contributed by atoms with Gasteiger partial charge in [0.05, 0.1) is 5.56 Å². The molecule has 0 aliphatic carbocycles. The molecule has 2 aromatic rings. The van der Waals surface area contributed by atoms with Crippen molar-refractivity contribution >= 4 is 17.7 Å². The number of hydrogen-bond acceptors (Lipinski definition) is 2. The number of aromatic carboxylic acids is 1. The van der Waals surface area contributed by atoms with Gasteiger partial charge in [-0.1, -0.05) is 42.5 Å². The molecular weight excluding hydrogens is 232 g/mol. The summed E-state index contributed by atoms with van der Waals surface area (Å²) >= 11 is 1.45. The predicted molar refractivity (Wildman–Crippen MR) is 70.6 cm³/mol. The van der Waals surface area contributed by atoms with Gasteiger partial charge in [0.2, 0.25) is 0 Å². The van der Waals surface area contributed by atoms with Crippen LogP contribution in [0.3, 0.4) is 0 Å². The first-order valence-electron chi connectivity index (χ1n) is 5.19. The third kappa shape index (κ3) is 2.34. The van der Waals surface area contributed by atoms with Crippen molar-refractivity contribution in [1.82, 2.24) is 0 Å². The molecule has 0 spiro atoms. The third-order valence-corrected chi connectivity index (χ3v) is 3.32. The van der Waals surface area contributed by atoms with E-state index in [9.17, 15) is 9.90 Å². The molecule has 3 heteroatoms. The van der Waals surface area contributed by atoms with Crippen LogP contribution in [0, 0.1) is 0 Å². The van der Waals surface area contributed by atoms with E-state index < -0.39 is 5.97 Å². The van der Waals surface area contributed by atoms with E-state index in [1.807, 2.05) is 54.8 Å². The van der Waals surface area contributed by atoms with Crippen LogP contribution in [0.1, 0.15) is 10.4 Å². The van der Waals surface area contributed by atoms with E-state index in [4.69, 9.17) is 0 Å². The molecule has 0 aliphatic rings. The molecule has 0 heterocycles. The lowest BCUT2D eigenvalue weighted by atomic mass is 10.00. The minimum absolute atomic E-state index is 0.381. The topological polar surface area (TPSA) is 37.3 Å². The number of thioether (sulfide) groups is 1. The van der Waals surface area contributed by atoms with E-state index in [0.29, 0.717) is 5.56 Å². The minimum atomic E-state index is -0.881. The Kier molecular flexibility index (Phi) is 3.49. The largest absolute Gasteiger partial charge is 0.478 e. The van der Waals surface area contributed by atoms with Gasteiger partial charge in [-0.2, -0.15) is 0 Å². The van der Waals surface area contributed by atoms with Gasteiger partial charge in [-0.25, -0.2) is 4.79 Å². The van der Waals surface area contributed by atoms with Crippen molar-refractivity contribution < 1.29 is 9.90 Å². The van der Waals surface area contributed by atoms with Gasteiger partial charge in [0.1, 0.15) is 0 Å². The van der Waals surface area contributed by atoms with Crippen LogP contribution in [-0.4, -0.2) is 17.3 Å². The molecule has 0 aliphatic heterocycles. The molecule has 2 rings (SSSR count). The Morgan fingerprint density at radius 2 is 1.76 bits per heavy atom. The van der Waals surface area contributed by atoms with Crippen LogP contribution in [0.4, 0.5) is 0 Å². The lowest BCUT2D eigenvalue weighted by Gasteiger charge is -2.09. The summed E-state index contributed by atoms with van der Waals surface area (Å²) in [5.41, 5.74) is 2.08. The molecular formula is C14H12O2S. The molecule has 0 aromatic heterocycles. The van der Waals surface area contributed by atoms with Crippen molar-refractivity contribution in [3.8, 4) is 11.1 Å². The first kappa shape index (κ1) is 11.7. The highest BCUT2D eigenvalue weighted by molar-refractivity contribution is 7.98. The molecule has 86 valence electrons. The molecule has 0 saturated heterocycles. The van der Waals surface area contributed by atoms with E-state index in [0.717, 1.165) is 16.0 Å². The van der Waals surface area contributed by atoms with Gasteiger partial charge in [0, 0.05) is 4.90 Å². The van der Waals surface area contributed by atoms with Gasteiger partial charge in [-0.3, -0.25) is 0 Å². The summed E-state index contributed by atoms with van der Waals surface area (Å²) in [5.74, 6) is -0.881.